The summed E-state index contributed by atoms with van der Waals surface area (Å²) in [5.41, 5.74) is 5.22. The van der Waals surface area contributed by atoms with Crippen molar-refractivity contribution in [2.24, 2.45) is 5.10 Å². The maximum atomic E-state index is 12.4. The first-order valence-electron chi connectivity index (χ1n) is 9.57. The topological polar surface area (TPSA) is 81.4 Å². The van der Waals surface area contributed by atoms with Crippen LogP contribution in [0.2, 0.25) is 5.02 Å². The summed E-state index contributed by atoms with van der Waals surface area (Å²) in [7, 11) is 1.30. The minimum Gasteiger partial charge on any atom is -0.464 e. The Morgan fingerprint density at radius 1 is 1.00 bits per heavy atom. The smallest absolute Gasteiger partial charge is 0.365 e. The van der Waals surface area contributed by atoms with Crippen LogP contribution in [0.1, 0.15) is 0 Å². The van der Waals surface area contributed by atoms with Crippen LogP contribution in [0, 0.1) is 0 Å². The summed E-state index contributed by atoms with van der Waals surface area (Å²) in [6.07, 6.45) is 0. The molecular weight excluding hydrogens is 446 g/mol. The zero-order chi connectivity index (χ0) is 22.3. The van der Waals surface area contributed by atoms with Crippen LogP contribution in [-0.2, 0) is 9.53 Å². The fourth-order valence-electron chi connectivity index (χ4n) is 2.88. The third-order valence-electron chi connectivity index (χ3n) is 4.34. The molecule has 9 heteroatoms. The fraction of sp³-hybridized carbons (Fsp3) is 0.0435. The van der Waals surface area contributed by atoms with Crippen LogP contribution < -0.4 is 5.43 Å². The largest absolute Gasteiger partial charge is 0.464 e. The molecule has 7 nitrogen and oxygen atoms in total. The van der Waals surface area contributed by atoms with Crippen LogP contribution in [0.5, 0.6) is 0 Å². The molecule has 0 aliphatic heterocycles. The number of nitrogens with zero attached hydrogens (tertiary/aromatic N) is 4. The van der Waals surface area contributed by atoms with Gasteiger partial charge in [-0.3, -0.25) is 9.99 Å². The van der Waals surface area contributed by atoms with E-state index >= 15 is 0 Å². The van der Waals surface area contributed by atoms with E-state index in [9.17, 15) is 4.79 Å². The van der Waals surface area contributed by atoms with Gasteiger partial charge in [-0.2, -0.15) is 5.10 Å². The summed E-state index contributed by atoms with van der Waals surface area (Å²) in [4.78, 5) is 12.4. The van der Waals surface area contributed by atoms with Crippen molar-refractivity contribution >= 4 is 40.1 Å². The third-order valence-corrected chi connectivity index (χ3v) is 5.47. The molecule has 0 unspecified atom stereocenters. The molecule has 160 valence electrons. The average Bonchev–Trinajstić information content (AvgIpc) is 3.26. The van der Waals surface area contributed by atoms with Crippen LogP contribution in [0.25, 0.3) is 17.1 Å². The molecule has 1 aromatic heterocycles. The molecule has 4 rings (SSSR count). The van der Waals surface area contributed by atoms with Crippen LogP contribution in [0.3, 0.4) is 0 Å². The predicted octanol–water partition coefficient (Wildman–Crippen LogP) is 5.28. The Kier molecular flexibility index (Phi) is 6.84. The lowest BCUT2D eigenvalue weighted by atomic mass is 10.2. The summed E-state index contributed by atoms with van der Waals surface area (Å²) >= 11 is 7.07. The molecule has 4 aromatic rings. The van der Waals surface area contributed by atoms with Crippen molar-refractivity contribution in [3.63, 3.8) is 0 Å². The number of rotatable bonds is 5. The highest BCUT2D eigenvalue weighted by Gasteiger charge is 2.22. The van der Waals surface area contributed by atoms with E-state index in [1.54, 1.807) is 24.3 Å². The highest BCUT2D eigenvalue weighted by atomic mass is 35.5. The van der Waals surface area contributed by atoms with E-state index in [0.29, 0.717) is 21.7 Å². The number of nitrogens with one attached hydrogen (secondary N) is 1. The van der Waals surface area contributed by atoms with Gasteiger partial charge < -0.3 is 4.74 Å². The van der Waals surface area contributed by atoms with Crippen LogP contribution in [0.15, 0.2) is 95.2 Å². The van der Waals surface area contributed by atoms with E-state index in [1.807, 2.05) is 65.2 Å². The van der Waals surface area contributed by atoms with E-state index in [0.717, 1.165) is 23.0 Å². The first kappa shape index (κ1) is 21.6. The van der Waals surface area contributed by atoms with Crippen molar-refractivity contribution in [3.05, 3.63) is 90.0 Å². The lowest BCUT2D eigenvalue weighted by molar-refractivity contribution is -0.132. The van der Waals surface area contributed by atoms with Gasteiger partial charge in [0.25, 0.3) is 0 Å². The number of esters is 1. The number of para-hydroxylation sites is 1. The minimum absolute atomic E-state index is 0.0664. The van der Waals surface area contributed by atoms with Gasteiger partial charge in [-0.15, -0.1) is 10.2 Å². The first-order valence-corrected chi connectivity index (χ1v) is 10.8. The van der Waals surface area contributed by atoms with Gasteiger partial charge in [0.15, 0.2) is 5.82 Å². The Morgan fingerprint density at radius 3 is 2.41 bits per heavy atom. The van der Waals surface area contributed by atoms with Gasteiger partial charge in [-0.05, 0) is 42.1 Å². The van der Waals surface area contributed by atoms with Crippen molar-refractivity contribution in [2.75, 3.05) is 12.5 Å². The number of thioether (sulfide) groups is 1. The molecule has 0 amide bonds. The van der Waals surface area contributed by atoms with Gasteiger partial charge in [-0.1, -0.05) is 66.2 Å². The maximum Gasteiger partial charge on any atom is 0.365 e. The molecule has 0 saturated carbocycles. The number of carbonyl (C=O) groups is 1. The standard InChI is InChI=1S/C23H18ClN5O2S/c1-31-22(30)21(27-25-18-12-8-11-17(24)15-18)32-23-28-26-20(16-9-4-2-5-10-16)29(23)19-13-6-3-7-14-19/h2-15,25H,1H3/b27-21+. The van der Waals surface area contributed by atoms with Gasteiger partial charge in [-0.25, -0.2) is 4.79 Å². The van der Waals surface area contributed by atoms with Crippen molar-refractivity contribution in [1.29, 1.82) is 0 Å². The van der Waals surface area contributed by atoms with E-state index in [-0.39, 0.29) is 5.04 Å². The molecule has 0 saturated heterocycles. The Hall–Kier alpha value is -3.62. The lowest BCUT2D eigenvalue weighted by Crippen LogP contribution is -2.15. The second-order valence-electron chi connectivity index (χ2n) is 6.48. The highest BCUT2D eigenvalue weighted by molar-refractivity contribution is 8.15. The second-order valence-corrected chi connectivity index (χ2v) is 7.87. The number of methoxy groups -OCH3 is 1. The van der Waals surface area contributed by atoms with Crippen molar-refractivity contribution in [1.82, 2.24) is 14.8 Å². The number of hydrogen-bond acceptors (Lipinski definition) is 7. The molecule has 0 aliphatic rings. The van der Waals surface area contributed by atoms with E-state index in [1.165, 1.54) is 7.11 Å². The minimum atomic E-state index is -0.603. The van der Waals surface area contributed by atoms with Gasteiger partial charge in [0.05, 0.1) is 12.8 Å². The Bertz CT molecular complexity index is 1250. The molecule has 1 N–H and O–H groups in total. The monoisotopic (exact) mass is 463 g/mol. The summed E-state index contributed by atoms with van der Waals surface area (Å²) in [5.74, 6) is 0.0414. The molecule has 0 fully saturated rings. The van der Waals surface area contributed by atoms with Crippen molar-refractivity contribution in [2.45, 2.75) is 5.16 Å². The summed E-state index contributed by atoms with van der Waals surface area (Å²) in [5, 5.41) is 14.0. The predicted molar refractivity (Wildman–Crippen MR) is 127 cm³/mol. The number of anilines is 1. The molecule has 0 bridgehead atoms. The summed E-state index contributed by atoms with van der Waals surface area (Å²) in [6, 6.07) is 26.4. The van der Waals surface area contributed by atoms with Crippen LogP contribution >= 0.6 is 23.4 Å². The average molecular weight is 464 g/mol. The Balaban J connectivity index is 1.73. The molecule has 1 heterocycles. The molecular formula is C23H18ClN5O2S. The lowest BCUT2D eigenvalue weighted by Gasteiger charge is -2.11. The van der Waals surface area contributed by atoms with E-state index in [2.05, 4.69) is 20.7 Å². The Labute approximate surface area is 194 Å². The molecule has 0 atom stereocenters. The maximum absolute atomic E-state index is 12.4. The van der Waals surface area contributed by atoms with Gasteiger partial charge in [0.1, 0.15) is 0 Å². The molecule has 3 aromatic carbocycles. The van der Waals surface area contributed by atoms with Gasteiger partial charge in [0, 0.05) is 16.3 Å². The van der Waals surface area contributed by atoms with Gasteiger partial charge in [0.2, 0.25) is 10.2 Å². The zero-order valence-electron chi connectivity index (χ0n) is 17.0. The number of carbonyl (C=O) groups excluding carboxylic acids is 1. The molecule has 32 heavy (non-hydrogen) atoms. The number of hydrazone groups is 1. The number of aromatic nitrogens is 3. The number of halogens is 1. The Morgan fingerprint density at radius 2 is 1.72 bits per heavy atom. The third kappa shape index (κ3) is 4.99. The van der Waals surface area contributed by atoms with Crippen molar-refractivity contribution < 1.29 is 9.53 Å². The zero-order valence-corrected chi connectivity index (χ0v) is 18.5. The normalized spacial score (nSPS) is 11.2. The van der Waals surface area contributed by atoms with Crippen molar-refractivity contribution in [3.8, 4) is 17.1 Å². The first-order chi connectivity index (χ1) is 15.7. The van der Waals surface area contributed by atoms with Gasteiger partial charge >= 0.3 is 5.97 Å². The number of benzene rings is 3. The summed E-state index contributed by atoms with van der Waals surface area (Å²) < 4.78 is 6.79. The second kappa shape index (κ2) is 10.1. The molecule has 0 aliphatic carbocycles. The SMILES string of the molecule is COC(=O)/C(=N\Nc1cccc(Cl)c1)Sc1nnc(-c2ccccc2)n1-c1ccccc1. The molecule has 0 spiro atoms. The number of hydrogen-bond donors (Lipinski definition) is 1. The van der Waals surface area contributed by atoms with Crippen LogP contribution in [-0.4, -0.2) is 32.9 Å². The van der Waals surface area contributed by atoms with E-state index in [4.69, 9.17) is 16.3 Å². The van der Waals surface area contributed by atoms with Crippen LogP contribution in [0.4, 0.5) is 5.69 Å². The number of ether oxygens (including phenoxy) is 1. The fourth-order valence-corrected chi connectivity index (χ4v) is 3.86. The highest BCUT2D eigenvalue weighted by Crippen LogP contribution is 2.29. The van der Waals surface area contributed by atoms with E-state index < -0.39 is 5.97 Å². The quantitative estimate of drug-likeness (QED) is 0.142. The molecule has 0 radical (unpaired) electrons. The summed E-state index contributed by atoms with van der Waals surface area (Å²) in [6.45, 7) is 0.